The SMILES string of the molecule is c1ccc2c(c1)-c1ccccc1C21c2ccccc2-c2nc(-c3ccc4ccc5ccccc5c4c3)c3ccccc3c21. The third kappa shape index (κ3) is 2.84. The molecular weight excluding hydrogens is 518 g/mol. The van der Waals surface area contributed by atoms with Crippen molar-refractivity contribution in [3.05, 3.63) is 174 Å². The average molecular weight is 544 g/mol. The summed E-state index contributed by atoms with van der Waals surface area (Å²) < 4.78 is 0. The van der Waals surface area contributed by atoms with Gasteiger partial charge in [-0.05, 0) is 60.8 Å². The number of hydrogen-bond acceptors (Lipinski definition) is 1. The Kier molecular flexibility index (Phi) is 4.44. The lowest BCUT2D eigenvalue weighted by molar-refractivity contribution is 0.799. The Balaban J connectivity index is 1.35. The summed E-state index contributed by atoms with van der Waals surface area (Å²) in [5.74, 6) is 0. The normalized spacial score (nSPS) is 13.8. The van der Waals surface area contributed by atoms with Gasteiger partial charge >= 0.3 is 0 Å². The van der Waals surface area contributed by atoms with E-state index in [1.807, 2.05) is 0 Å². The first kappa shape index (κ1) is 23.1. The second-order valence-corrected chi connectivity index (χ2v) is 11.8. The van der Waals surface area contributed by atoms with Gasteiger partial charge in [-0.1, -0.05) is 146 Å². The maximum absolute atomic E-state index is 5.64. The van der Waals surface area contributed by atoms with E-state index >= 15 is 0 Å². The third-order valence-corrected chi connectivity index (χ3v) is 9.85. The largest absolute Gasteiger partial charge is 0.247 e. The van der Waals surface area contributed by atoms with Gasteiger partial charge in [0.2, 0.25) is 0 Å². The van der Waals surface area contributed by atoms with Crippen molar-refractivity contribution in [2.75, 3.05) is 0 Å². The number of fused-ring (bicyclic) bond motifs is 15. The summed E-state index contributed by atoms with van der Waals surface area (Å²) in [5, 5.41) is 7.50. The molecule has 43 heavy (non-hydrogen) atoms. The molecule has 1 heteroatoms. The van der Waals surface area contributed by atoms with Crippen molar-refractivity contribution < 1.29 is 0 Å². The van der Waals surface area contributed by atoms with Crippen LogP contribution in [0.2, 0.25) is 0 Å². The van der Waals surface area contributed by atoms with E-state index < -0.39 is 5.41 Å². The lowest BCUT2D eigenvalue weighted by atomic mass is 9.69. The molecule has 0 atom stereocenters. The first-order valence-corrected chi connectivity index (χ1v) is 15.0. The Labute approximate surface area is 249 Å². The maximum Gasteiger partial charge on any atom is 0.0788 e. The Morgan fingerprint density at radius 1 is 0.372 bits per heavy atom. The quantitative estimate of drug-likeness (QED) is 0.188. The molecule has 0 bridgehead atoms. The Morgan fingerprint density at radius 3 is 1.60 bits per heavy atom. The lowest BCUT2D eigenvalue weighted by Crippen LogP contribution is -2.26. The first-order valence-electron chi connectivity index (χ1n) is 15.0. The van der Waals surface area contributed by atoms with Crippen LogP contribution in [0, 0.1) is 0 Å². The number of pyridine rings is 1. The van der Waals surface area contributed by atoms with Gasteiger partial charge in [-0.15, -0.1) is 0 Å². The van der Waals surface area contributed by atoms with Crippen LogP contribution < -0.4 is 0 Å². The van der Waals surface area contributed by atoms with Crippen molar-refractivity contribution in [2.24, 2.45) is 0 Å². The molecule has 1 nitrogen and oxygen atoms in total. The molecule has 0 fully saturated rings. The lowest BCUT2D eigenvalue weighted by Gasteiger charge is -2.31. The fraction of sp³-hybridized carbons (Fsp3) is 0.0238. The zero-order valence-electron chi connectivity index (χ0n) is 23.4. The molecule has 2 aliphatic rings. The molecule has 198 valence electrons. The summed E-state index contributed by atoms with van der Waals surface area (Å²) in [6.07, 6.45) is 0. The highest BCUT2D eigenvalue weighted by Crippen LogP contribution is 2.64. The fourth-order valence-electron chi connectivity index (χ4n) is 8.15. The topological polar surface area (TPSA) is 12.9 Å². The van der Waals surface area contributed by atoms with E-state index in [4.69, 9.17) is 4.98 Å². The van der Waals surface area contributed by atoms with Gasteiger partial charge in [-0.2, -0.15) is 0 Å². The van der Waals surface area contributed by atoms with Gasteiger partial charge in [0, 0.05) is 22.1 Å². The van der Waals surface area contributed by atoms with E-state index in [-0.39, 0.29) is 0 Å². The molecule has 0 N–H and O–H groups in total. The van der Waals surface area contributed by atoms with Crippen LogP contribution in [-0.4, -0.2) is 4.98 Å². The van der Waals surface area contributed by atoms with Crippen molar-refractivity contribution in [1.29, 1.82) is 0 Å². The van der Waals surface area contributed by atoms with Crippen molar-refractivity contribution in [3.8, 4) is 33.6 Å². The Morgan fingerprint density at radius 2 is 0.884 bits per heavy atom. The van der Waals surface area contributed by atoms with Gasteiger partial charge in [0.15, 0.2) is 0 Å². The van der Waals surface area contributed by atoms with E-state index in [0.717, 1.165) is 17.0 Å². The van der Waals surface area contributed by atoms with Crippen LogP contribution in [0.4, 0.5) is 0 Å². The van der Waals surface area contributed by atoms with Crippen LogP contribution in [-0.2, 0) is 5.41 Å². The smallest absolute Gasteiger partial charge is 0.0788 e. The average Bonchev–Trinajstić information content (AvgIpc) is 3.55. The van der Waals surface area contributed by atoms with Gasteiger partial charge in [-0.25, -0.2) is 4.98 Å². The monoisotopic (exact) mass is 543 g/mol. The highest BCUT2D eigenvalue weighted by molar-refractivity contribution is 6.11. The molecule has 0 amide bonds. The van der Waals surface area contributed by atoms with Crippen LogP contribution >= 0.6 is 0 Å². The summed E-state index contributed by atoms with van der Waals surface area (Å²) in [7, 11) is 0. The molecule has 1 aromatic heterocycles. The maximum atomic E-state index is 5.64. The summed E-state index contributed by atoms with van der Waals surface area (Å²) in [4.78, 5) is 5.64. The molecule has 7 aromatic carbocycles. The summed E-state index contributed by atoms with van der Waals surface area (Å²) >= 11 is 0. The second kappa shape index (κ2) is 8.27. The zero-order valence-corrected chi connectivity index (χ0v) is 23.4. The number of aromatic nitrogens is 1. The highest BCUT2D eigenvalue weighted by atomic mass is 14.8. The van der Waals surface area contributed by atoms with Gasteiger partial charge in [0.1, 0.15) is 0 Å². The molecule has 8 aromatic rings. The molecular formula is C42H25N. The van der Waals surface area contributed by atoms with Crippen molar-refractivity contribution in [3.63, 3.8) is 0 Å². The minimum atomic E-state index is -0.413. The first-order chi connectivity index (χ1) is 21.3. The van der Waals surface area contributed by atoms with Crippen LogP contribution in [0.1, 0.15) is 22.3 Å². The number of nitrogens with zero attached hydrogens (tertiary/aromatic N) is 1. The van der Waals surface area contributed by atoms with Crippen LogP contribution in [0.3, 0.4) is 0 Å². The van der Waals surface area contributed by atoms with Gasteiger partial charge < -0.3 is 0 Å². The number of rotatable bonds is 1. The second-order valence-electron chi connectivity index (χ2n) is 11.8. The third-order valence-electron chi connectivity index (χ3n) is 9.85. The molecule has 2 aliphatic carbocycles. The minimum Gasteiger partial charge on any atom is -0.247 e. The molecule has 0 radical (unpaired) electrons. The molecule has 0 unspecified atom stereocenters. The van der Waals surface area contributed by atoms with Crippen LogP contribution in [0.25, 0.3) is 66.0 Å². The standard InChI is InChI=1S/C42H25N/c1-2-12-29-26(11-1)21-22-27-23-24-28(25-35(27)29)40-33-16-4-3-15-32(33)39-41(43-40)34-17-7-10-20-38(34)42(39)36-18-8-5-13-30(36)31-14-6-9-19-37(31)42/h1-25H. The van der Waals surface area contributed by atoms with E-state index in [1.165, 1.54) is 71.3 Å². The van der Waals surface area contributed by atoms with E-state index in [2.05, 4.69) is 152 Å². The molecule has 0 saturated heterocycles. The predicted molar refractivity (Wildman–Crippen MR) is 178 cm³/mol. The summed E-state index contributed by atoms with van der Waals surface area (Å²) in [6.45, 7) is 0. The Hall–Kier alpha value is -5.53. The van der Waals surface area contributed by atoms with Crippen molar-refractivity contribution in [2.45, 2.75) is 5.41 Å². The van der Waals surface area contributed by atoms with Crippen molar-refractivity contribution >= 4 is 32.3 Å². The van der Waals surface area contributed by atoms with E-state index in [9.17, 15) is 0 Å². The highest BCUT2D eigenvalue weighted by Gasteiger charge is 2.53. The molecule has 10 rings (SSSR count). The molecule has 1 heterocycles. The summed E-state index contributed by atoms with van der Waals surface area (Å²) in [5.41, 5.74) is 12.0. The molecule has 0 saturated carbocycles. The Bertz CT molecular complexity index is 2420. The fourth-order valence-corrected chi connectivity index (χ4v) is 8.15. The minimum absolute atomic E-state index is 0.413. The van der Waals surface area contributed by atoms with E-state index in [1.54, 1.807) is 0 Å². The van der Waals surface area contributed by atoms with Crippen LogP contribution in [0.5, 0.6) is 0 Å². The molecule has 0 aliphatic heterocycles. The van der Waals surface area contributed by atoms with Crippen molar-refractivity contribution in [1.82, 2.24) is 4.98 Å². The predicted octanol–water partition coefficient (Wildman–Crippen LogP) is 10.6. The van der Waals surface area contributed by atoms with Crippen LogP contribution in [0.15, 0.2) is 152 Å². The van der Waals surface area contributed by atoms with Gasteiger partial charge in [-0.3, -0.25) is 0 Å². The van der Waals surface area contributed by atoms with E-state index in [0.29, 0.717) is 0 Å². The molecule has 1 spiro atoms. The van der Waals surface area contributed by atoms with Gasteiger partial charge in [0.25, 0.3) is 0 Å². The zero-order chi connectivity index (χ0) is 28.1. The number of hydrogen-bond donors (Lipinski definition) is 0. The van der Waals surface area contributed by atoms with Gasteiger partial charge in [0.05, 0.1) is 16.8 Å². The number of benzene rings is 7. The summed E-state index contributed by atoms with van der Waals surface area (Å²) in [6, 6.07) is 55.7.